The SMILES string of the molecule is CC(C)(C)CCOC(=O)c1cnc(Cl)c(Cl)c1. The molecule has 0 aliphatic carbocycles. The lowest BCUT2D eigenvalue weighted by Gasteiger charge is -2.17. The van der Waals surface area contributed by atoms with E-state index >= 15 is 0 Å². The molecule has 0 N–H and O–H groups in total. The maximum absolute atomic E-state index is 11.6. The van der Waals surface area contributed by atoms with E-state index in [9.17, 15) is 4.79 Å². The highest BCUT2D eigenvalue weighted by molar-refractivity contribution is 6.41. The molecule has 3 nitrogen and oxygen atoms in total. The lowest BCUT2D eigenvalue weighted by atomic mass is 9.93. The van der Waals surface area contributed by atoms with Gasteiger partial charge in [-0.3, -0.25) is 0 Å². The number of ether oxygens (including phenoxy) is 1. The highest BCUT2D eigenvalue weighted by Crippen LogP contribution is 2.21. The summed E-state index contributed by atoms with van der Waals surface area (Å²) in [6.07, 6.45) is 2.15. The van der Waals surface area contributed by atoms with Gasteiger partial charge in [-0.25, -0.2) is 9.78 Å². The van der Waals surface area contributed by atoms with Crippen molar-refractivity contribution in [2.45, 2.75) is 27.2 Å². The van der Waals surface area contributed by atoms with Crippen LogP contribution in [0.1, 0.15) is 37.6 Å². The molecule has 0 atom stereocenters. The number of rotatable bonds is 3. The van der Waals surface area contributed by atoms with Crippen LogP contribution in [-0.4, -0.2) is 17.6 Å². The molecule has 0 fully saturated rings. The van der Waals surface area contributed by atoms with Gasteiger partial charge >= 0.3 is 5.97 Å². The monoisotopic (exact) mass is 275 g/mol. The number of carbonyl (C=O) groups is 1. The van der Waals surface area contributed by atoms with Crippen LogP contribution in [0.3, 0.4) is 0 Å². The molecular weight excluding hydrogens is 261 g/mol. The zero-order valence-corrected chi connectivity index (χ0v) is 11.6. The van der Waals surface area contributed by atoms with Crippen molar-refractivity contribution < 1.29 is 9.53 Å². The molecule has 1 aromatic heterocycles. The summed E-state index contributed by atoms with van der Waals surface area (Å²) in [7, 11) is 0. The quantitative estimate of drug-likeness (QED) is 0.619. The van der Waals surface area contributed by atoms with Gasteiger partial charge in [0.25, 0.3) is 0 Å². The van der Waals surface area contributed by atoms with Gasteiger partial charge in [0.05, 0.1) is 17.2 Å². The Morgan fingerprint density at radius 1 is 1.41 bits per heavy atom. The summed E-state index contributed by atoms with van der Waals surface area (Å²) >= 11 is 11.4. The van der Waals surface area contributed by atoms with Gasteiger partial charge in [-0.1, -0.05) is 44.0 Å². The highest BCUT2D eigenvalue weighted by atomic mass is 35.5. The summed E-state index contributed by atoms with van der Waals surface area (Å²) in [5, 5.41) is 0.426. The molecule has 0 aromatic carbocycles. The average molecular weight is 276 g/mol. The van der Waals surface area contributed by atoms with Crippen molar-refractivity contribution in [3.8, 4) is 0 Å². The number of nitrogens with zero attached hydrogens (tertiary/aromatic N) is 1. The number of esters is 1. The van der Waals surface area contributed by atoms with E-state index in [1.54, 1.807) is 0 Å². The molecule has 0 radical (unpaired) electrons. The standard InChI is InChI=1S/C12H15Cl2NO2/c1-12(2,3)4-5-17-11(16)8-6-9(13)10(14)15-7-8/h6-7H,4-5H2,1-3H3. The molecule has 0 aliphatic rings. The van der Waals surface area contributed by atoms with Crippen molar-refractivity contribution in [1.29, 1.82) is 0 Å². The molecule has 0 saturated carbocycles. The molecule has 0 bridgehead atoms. The van der Waals surface area contributed by atoms with Crippen LogP contribution in [0, 0.1) is 5.41 Å². The van der Waals surface area contributed by atoms with Crippen LogP contribution in [0.4, 0.5) is 0 Å². The minimum atomic E-state index is -0.430. The fourth-order valence-corrected chi connectivity index (χ4v) is 1.34. The third-order valence-electron chi connectivity index (χ3n) is 2.12. The number of pyridine rings is 1. The number of aromatic nitrogens is 1. The summed E-state index contributed by atoms with van der Waals surface area (Å²) in [4.78, 5) is 15.4. The van der Waals surface area contributed by atoms with E-state index in [1.807, 2.05) is 0 Å². The van der Waals surface area contributed by atoms with Gasteiger partial charge in [-0.05, 0) is 17.9 Å². The smallest absolute Gasteiger partial charge is 0.339 e. The molecule has 1 rings (SSSR count). The lowest BCUT2D eigenvalue weighted by molar-refractivity contribution is 0.0464. The van der Waals surface area contributed by atoms with Gasteiger partial charge in [-0.15, -0.1) is 0 Å². The maximum Gasteiger partial charge on any atom is 0.339 e. The topological polar surface area (TPSA) is 39.2 Å². The fourth-order valence-electron chi connectivity index (χ4n) is 1.07. The first-order valence-corrected chi connectivity index (χ1v) is 6.03. The Kier molecular flexibility index (Phi) is 4.78. The van der Waals surface area contributed by atoms with E-state index in [0.29, 0.717) is 12.2 Å². The molecular formula is C12H15Cl2NO2. The van der Waals surface area contributed by atoms with Crippen molar-refractivity contribution in [2.75, 3.05) is 6.61 Å². The normalized spacial score (nSPS) is 11.4. The zero-order valence-electron chi connectivity index (χ0n) is 10.1. The van der Waals surface area contributed by atoms with Gasteiger partial charge in [0.15, 0.2) is 0 Å². The molecule has 5 heteroatoms. The summed E-state index contributed by atoms with van der Waals surface area (Å²) < 4.78 is 5.12. The summed E-state index contributed by atoms with van der Waals surface area (Å²) in [5.41, 5.74) is 0.448. The van der Waals surface area contributed by atoms with Gasteiger partial charge in [0.1, 0.15) is 5.15 Å². The second-order valence-electron chi connectivity index (χ2n) is 4.94. The third kappa shape index (κ3) is 4.92. The van der Waals surface area contributed by atoms with Crippen LogP contribution in [-0.2, 0) is 4.74 Å². The molecule has 0 aliphatic heterocycles. The Morgan fingerprint density at radius 3 is 2.59 bits per heavy atom. The minimum Gasteiger partial charge on any atom is -0.462 e. The molecule has 0 saturated heterocycles. The van der Waals surface area contributed by atoms with E-state index in [4.69, 9.17) is 27.9 Å². The van der Waals surface area contributed by atoms with Crippen molar-refractivity contribution in [3.63, 3.8) is 0 Å². The first-order valence-electron chi connectivity index (χ1n) is 5.28. The van der Waals surface area contributed by atoms with Crippen LogP contribution < -0.4 is 0 Å². The zero-order chi connectivity index (χ0) is 13.1. The second kappa shape index (κ2) is 5.69. The van der Waals surface area contributed by atoms with Gasteiger partial charge < -0.3 is 4.74 Å². The van der Waals surface area contributed by atoms with Crippen LogP contribution in [0.15, 0.2) is 12.3 Å². The van der Waals surface area contributed by atoms with Crippen molar-refractivity contribution in [3.05, 3.63) is 28.0 Å². The maximum atomic E-state index is 11.6. The largest absolute Gasteiger partial charge is 0.462 e. The van der Waals surface area contributed by atoms with E-state index in [1.165, 1.54) is 12.3 Å². The Balaban J connectivity index is 2.56. The number of carbonyl (C=O) groups excluding carboxylic acids is 1. The molecule has 0 spiro atoms. The number of hydrogen-bond acceptors (Lipinski definition) is 3. The van der Waals surface area contributed by atoms with Crippen LogP contribution in [0.25, 0.3) is 0 Å². The van der Waals surface area contributed by atoms with E-state index < -0.39 is 5.97 Å². The lowest BCUT2D eigenvalue weighted by Crippen LogP contribution is -2.13. The van der Waals surface area contributed by atoms with Crippen LogP contribution in [0.5, 0.6) is 0 Å². The van der Waals surface area contributed by atoms with Gasteiger partial charge in [0.2, 0.25) is 0 Å². The molecule has 17 heavy (non-hydrogen) atoms. The first kappa shape index (κ1) is 14.3. The van der Waals surface area contributed by atoms with Crippen molar-refractivity contribution >= 4 is 29.2 Å². The summed E-state index contributed by atoms with van der Waals surface area (Å²) in [6, 6.07) is 1.45. The van der Waals surface area contributed by atoms with Gasteiger partial charge in [-0.2, -0.15) is 0 Å². The third-order valence-corrected chi connectivity index (χ3v) is 2.80. The van der Waals surface area contributed by atoms with Gasteiger partial charge in [0, 0.05) is 6.20 Å². The van der Waals surface area contributed by atoms with E-state index in [2.05, 4.69) is 25.8 Å². The van der Waals surface area contributed by atoms with Crippen LogP contribution in [0.2, 0.25) is 10.2 Å². The number of halogens is 2. The second-order valence-corrected chi connectivity index (χ2v) is 5.71. The summed E-state index contributed by atoms with van der Waals surface area (Å²) in [6.45, 7) is 6.63. The fraction of sp³-hybridized carbons (Fsp3) is 0.500. The summed E-state index contributed by atoms with van der Waals surface area (Å²) in [5.74, 6) is -0.430. The van der Waals surface area contributed by atoms with Crippen molar-refractivity contribution in [1.82, 2.24) is 4.98 Å². The molecule has 1 aromatic rings. The molecule has 0 unspecified atom stereocenters. The Hall–Kier alpha value is -0.800. The predicted octanol–water partition coefficient (Wildman–Crippen LogP) is 3.98. The number of hydrogen-bond donors (Lipinski definition) is 0. The Labute approximate surface area is 111 Å². The van der Waals surface area contributed by atoms with E-state index in [0.717, 1.165) is 6.42 Å². The average Bonchev–Trinajstić information content (AvgIpc) is 2.20. The molecule has 0 amide bonds. The first-order chi connectivity index (χ1) is 7.79. The molecule has 1 heterocycles. The Bertz CT molecular complexity index is 413. The minimum absolute atomic E-state index is 0.135. The van der Waals surface area contributed by atoms with Crippen molar-refractivity contribution in [2.24, 2.45) is 5.41 Å². The highest BCUT2D eigenvalue weighted by Gasteiger charge is 2.14. The predicted molar refractivity (Wildman–Crippen MR) is 68.6 cm³/mol. The van der Waals surface area contributed by atoms with Crippen LogP contribution >= 0.6 is 23.2 Å². The van der Waals surface area contributed by atoms with E-state index in [-0.39, 0.29) is 15.6 Å². The Morgan fingerprint density at radius 2 is 2.06 bits per heavy atom. The molecule has 94 valence electrons.